The molecule has 1 aliphatic rings. The molecule has 6 nitrogen and oxygen atoms in total. The Morgan fingerprint density at radius 2 is 2.11 bits per heavy atom. The highest BCUT2D eigenvalue weighted by Crippen LogP contribution is 2.30. The number of rotatable bonds is 4. The number of anilines is 1. The molecular formula is C21H17FN4O2. The number of benzene rings is 2. The first-order chi connectivity index (χ1) is 13.6. The van der Waals surface area contributed by atoms with Gasteiger partial charge in [-0.25, -0.2) is 9.07 Å². The Labute approximate surface area is 161 Å². The summed E-state index contributed by atoms with van der Waals surface area (Å²) in [6.45, 7) is 0. The molecule has 1 heterocycles. The molecule has 1 aliphatic carbocycles. The van der Waals surface area contributed by atoms with Crippen LogP contribution >= 0.6 is 0 Å². The Morgan fingerprint density at radius 1 is 1.29 bits per heavy atom. The molecule has 0 bridgehead atoms. The molecule has 0 aliphatic heterocycles. The number of nitriles is 1. The first-order valence-electron chi connectivity index (χ1n) is 8.87. The van der Waals surface area contributed by atoms with Crippen LogP contribution in [0.15, 0.2) is 42.5 Å². The lowest BCUT2D eigenvalue weighted by molar-refractivity contribution is 0.102. The SMILES string of the molecule is COc1ccc(C#N)cc1NC(=O)c1nn(-c2ccccc2F)c2c1CCC2. The highest BCUT2D eigenvalue weighted by atomic mass is 19.1. The van der Waals surface area contributed by atoms with Crippen molar-refractivity contribution in [2.75, 3.05) is 12.4 Å². The maximum absolute atomic E-state index is 14.3. The molecule has 28 heavy (non-hydrogen) atoms. The van der Waals surface area contributed by atoms with Gasteiger partial charge in [-0.1, -0.05) is 12.1 Å². The number of carbonyl (C=O) groups is 1. The number of methoxy groups -OCH3 is 1. The van der Waals surface area contributed by atoms with E-state index < -0.39 is 11.7 Å². The van der Waals surface area contributed by atoms with Crippen molar-refractivity contribution in [1.82, 2.24) is 9.78 Å². The highest BCUT2D eigenvalue weighted by Gasteiger charge is 2.28. The van der Waals surface area contributed by atoms with Gasteiger partial charge in [-0.15, -0.1) is 0 Å². The smallest absolute Gasteiger partial charge is 0.276 e. The summed E-state index contributed by atoms with van der Waals surface area (Å²) in [5, 5.41) is 16.3. The van der Waals surface area contributed by atoms with Gasteiger partial charge in [-0.2, -0.15) is 10.4 Å². The number of nitrogens with zero attached hydrogens (tertiary/aromatic N) is 3. The van der Waals surface area contributed by atoms with Crippen molar-refractivity contribution < 1.29 is 13.9 Å². The summed E-state index contributed by atoms with van der Waals surface area (Å²) in [4.78, 5) is 13.0. The van der Waals surface area contributed by atoms with Crippen molar-refractivity contribution in [1.29, 1.82) is 5.26 Å². The summed E-state index contributed by atoms with van der Waals surface area (Å²) in [6.07, 6.45) is 2.33. The van der Waals surface area contributed by atoms with E-state index in [1.165, 1.54) is 17.9 Å². The van der Waals surface area contributed by atoms with E-state index in [1.54, 1.807) is 36.4 Å². The zero-order chi connectivity index (χ0) is 19.7. The lowest BCUT2D eigenvalue weighted by Gasteiger charge is -2.10. The topological polar surface area (TPSA) is 79.9 Å². The lowest BCUT2D eigenvalue weighted by Crippen LogP contribution is -2.15. The molecule has 2 aromatic carbocycles. The second-order valence-electron chi connectivity index (χ2n) is 6.47. The molecule has 0 fully saturated rings. The van der Waals surface area contributed by atoms with Crippen LogP contribution in [0.2, 0.25) is 0 Å². The Balaban J connectivity index is 1.73. The summed E-state index contributed by atoms with van der Waals surface area (Å²) in [7, 11) is 1.49. The maximum atomic E-state index is 14.3. The fourth-order valence-corrected chi connectivity index (χ4v) is 3.50. The van der Waals surface area contributed by atoms with E-state index in [4.69, 9.17) is 10.00 Å². The summed E-state index contributed by atoms with van der Waals surface area (Å²) in [5.41, 5.74) is 3.06. The number of ether oxygens (including phenoxy) is 1. The van der Waals surface area contributed by atoms with Crippen molar-refractivity contribution in [2.24, 2.45) is 0 Å². The third-order valence-corrected chi connectivity index (χ3v) is 4.80. The van der Waals surface area contributed by atoms with Gasteiger partial charge in [-0.3, -0.25) is 4.79 Å². The van der Waals surface area contributed by atoms with Gasteiger partial charge in [0, 0.05) is 11.3 Å². The van der Waals surface area contributed by atoms with Crippen LogP contribution in [0.1, 0.15) is 33.7 Å². The molecule has 0 saturated heterocycles. The third kappa shape index (κ3) is 2.99. The van der Waals surface area contributed by atoms with Crippen molar-refractivity contribution in [3.05, 3.63) is 70.8 Å². The van der Waals surface area contributed by atoms with E-state index >= 15 is 0 Å². The number of hydrogen-bond donors (Lipinski definition) is 1. The van der Waals surface area contributed by atoms with Crippen LogP contribution in [0.25, 0.3) is 5.69 Å². The molecule has 140 valence electrons. The van der Waals surface area contributed by atoms with Crippen LogP contribution < -0.4 is 10.1 Å². The van der Waals surface area contributed by atoms with Crippen molar-refractivity contribution >= 4 is 11.6 Å². The first kappa shape index (κ1) is 17.7. The largest absolute Gasteiger partial charge is 0.495 e. The Kier molecular flexibility index (Phi) is 4.53. The van der Waals surface area contributed by atoms with E-state index in [1.807, 2.05) is 6.07 Å². The number of carbonyl (C=O) groups excluding carboxylic acids is 1. The van der Waals surface area contributed by atoms with Crippen LogP contribution in [0, 0.1) is 17.1 Å². The van der Waals surface area contributed by atoms with Gasteiger partial charge < -0.3 is 10.1 Å². The number of nitrogens with one attached hydrogen (secondary N) is 1. The summed E-state index contributed by atoms with van der Waals surface area (Å²) in [6, 6.07) is 13.2. The molecule has 0 atom stereocenters. The number of para-hydroxylation sites is 1. The van der Waals surface area contributed by atoms with Gasteiger partial charge in [0.1, 0.15) is 17.3 Å². The molecular weight excluding hydrogens is 359 g/mol. The Morgan fingerprint density at radius 3 is 2.86 bits per heavy atom. The minimum Gasteiger partial charge on any atom is -0.495 e. The number of hydrogen-bond acceptors (Lipinski definition) is 4. The zero-order valence-corrected chi connectivity index (χ0v) is 15.2. The van der Waals surface area contributed by atoms with E-state index in [0.29, 0.717) is 29.1 Å². The Bertz CT molecular complexity index is 1110. The van der Waals surface area contributed by atoms with Crippen molar-refractivity contribution in [3.8, 4) is 17.5 Å². The minimum absolute atomic E-state index is 0.264. The summed E-state index contributed by atoms with van der Waals surface area (Å²) in [5.74, 6) is -0.366. The molecule has 3 aromatic rings. The van der Waals surface area contributed by atoms with E-state index in [9.17, 15) is 9.18 Å². The first-order valence-corrected chi connectivity index (χ1v) is 8.87. The predicted octanol–water partition coefficient (Wildman–Crippen LogP) is 3.63. The molecule has 1 aromatic heterocycles. The lowest BCUT2D eigenvalue weighted by atomic mass is 10.1. The van der Waals surface area contributed by atoms with E-state index in [2.05, 4.69) is 10.4 Å². The van der Waals surface area contributed by atoms with Gasteiger partial charge in [0.15, 0.2) is 5.69 Å². The molecule has 1 amide bonds. The number of halogens is 1. The average molecular weight is 376 g/mol. The normalized spacial score (nSPS) is 12.3. The zero-order valence-electron chi connectivity index (χ0n) is 15.2. The fourth-order valence-electron chi connectivity index (χ4n) is 3.50. The molecule has 0 spiro atoms. The van der Waals surface area contributed by atoms with Crippen LogP contribution in [0.5, 0.6) is 5.75 Å². The molecule has 0 unspecified atom stereocenters. The second-order valence-corrected chi connectivity index (χ2v) is 6.47. The van der Waals surface area contributed by atoms with Gasteiger partial charge in [0.2, 0.25) is 0 Å². The van der Waals surface area contributed by atoms with Gasteiger partial charge in [-0.05, 0) is 49.6 Å². The van der Waals surface area contributed by atoms with Gasteiger partial charge >= 0.3 is 0 Å². The van der Waals surface area contributed by atoms with Crippen LogP contribution in [-0.2, 0) is 12.8 Å². The molecule has 0 saturated carbocycles. The van der Waals surface area contributed by atoms with E-state index in [-0.39, 0.29) is 5.69 Å². The predicted molar refractivity (Wildman–Crippen MR) is 101 cm³/mol. The van der Waals surface area contributed by atoms with Gasteiger partial charge in [0.05, 0.1) is 24.4 Å². The number of aromatic nitrogens is 2. The number of fused-ring (bicyclic) bond motifs is 1. The third-order valence-electron chi connectivity index (χ3n) is 4.80. The molecule has 4 rings (SSSR count). The fraction of sp³-hybridized carbons (Fsp3) is 0.190. The monoisotopic (exact) mass is 376 g/mol. The Hall–Kier alpha value is -3.66. The highest BCUT2D eigenvalue weighted by molar-refractivity contribution is 6.05. The van der Waals surface area contributed by atoms with Gasteiger partial charge in [0.25, 0.3) is 5.91 Å². The molecule has 1 N–H and O–H groups in total. The quantitative estimate of drug-likeness (QED) is 0.754. The molecule has 0 radical (unpaired) electrons. The molecule has 7 heteroatoms. The van der Waals surface area contributed by atoms with Crippen molar-refractivity contribution in [3.63, 3.8) is 0 Å². The summed E-state index contributed by atoms with van der Waals surface area (Å²) >= 11 is 0. The second kappa shape index (κ2) is 7.16. The average Bonchev–Trinajstić information content (AvgIpc) is 3.31. The summed E-state index contributed by atoms with van der Waals surface area (Å²) < 4.78 is 21.1. The minimum atomic E-state index is -0.415. The standard InChI is InChI=1S/C21H17FN4O2/c1-28-19-10-9-13(12-23)11-16(19)24-21(27)20-14-5-4-8-17(14)26(25-20)18-7-3-2-6-15(18)22/h2-3,6-7,9-11H,4-5,8H2,1H3,(H,24,27). The van der Waals surface area contributed by atoms with Crippen molar-refractivity contribution in [2.45, 2.75) is 19.3 Å². The van der Waals surface area contributed by atoms with E-state index in [0.717, 1.165) is 24.1 Å². The van der Waals surface area contributed by atoms with Crippen LogP contribution in [0.4, 0.5) is 10.1 Å². The maximum Gasteiger partial charge on any atom is 0.276 e. The number of amides is 1. The van der Waals surface area contributed by atoms with Crippen LogP contribution in [-0.4, -0.2) is 22.8 Å². The van der Waals surface area contributed by atoms with Crippen LogP contribution in [0.3, 0.4) is 0 Å².